The highest BCUT2D eigenvalue weighted by molar-refractivity contribution is 5.70. The number of rotatable bonds is 10. The van der Waals surface area contributed by atoms with E-state index >= 15 is 0 Å². The molecule has 0 aromatic rings. The van der Waals surface area contributed by atoms with Gasteiger partial charge in [0.1, 0.15) is 0 Å². The Bertz CT molecular complexity index is 550. The first-order valence-electron chi connectivity index (χ1n) is 10.4. The summed E-state index contributed by atoms with van der Waals surface area (Å²) in [7, 11) is 1.93. The minimum absolute atomic E-state index is 0.0995. The predicted molar refractivity (Wildman–Crippen MR) is 112 cm³/mol. The number of hydrogen-bond acceptors (Lipinski definition) is 8. The SMILES string of the molecule is CN1CCN(CC(=O)O)CCN(CC(=O)O)C(CCCCN)CN(CC(=O)O)CC1. The Balaban J connectivity index is 3.06. The van der Waals surface area contributed by atoms with E-state index in [1.807, 2.05) is 21.7 Å². The molecular formula is C19H37N5O6. The molecule has 1 aliphatic heterocycles. The molecule has 0 radical (unpaired) electrons. The quantitative estimate of drug-likeness (QED) is 0.302. The summed E-state index contributed by atoms with van der Waals surface area (Å²) < 4.78 is 0. The lowest BCUT2D eigenvalue weighted by Gasteiger charge is -2.37. The Hall–Kier alpha value is -1.79. The maximum atomic E-state index is 11.5. The fraction of sp³-hybridized carbons (Fsp3) is 0.842. The molecule has 11 nitrogen and oxygen atoms in total. The third kappa shape index (κ3) is 11.4. The number of carboxylic acid groups (broad SMARTS) is 3. The van der Waals surface area contributed by atoms with Crippen LogP contribution in [0.15, 0.2) is 0 Å². The Morgan fingerprint density at radius 3 is 1.90 bits per heavy atom. The zero-order valence-electron chi connectivity index (χ0n) is 17.9. The largest absolute Gasteiger partial charge is 0.480 e. The van der Waals surface area contributed by atoms with Crippen LogP contribution >= 0.6 is 0 Å². The molecule has 0 saturated carbocycles. The van der Waals surface area contributed by atoms with E-state index in [0.717, 1.165) is 12.8 Å². The van der Waals surface area contributed by atoms with Gasteiger partial charge in [-0.15, -0.1) is 0 Å². The molecule has 1 saturated heterocycles. The first-order valence-corrected chi connectivity index (χ1v) is 10.4. The van der Waals surface area contributed by atoms with Gasteiger partial charge < -0.3 is 26.0 Å². The number of likely N-dealkylation sites (N-methyl/N-ethyl adjacent to an activating group) is 1. The highest BCUT2D eigenvalue weighted by atomic mass is 16.4. The van der Waals surface area contributed by atoms with Gasteiger partial charge in [-0.1, -0.05) is 6.42 Å². The molecule has 1 heterocycles. The third-order valence-electron chi connectivity index (χ3n) is 5.33. The number of hydrogen-bond donors (Lipinski definition) is 4. The van der Waals surface area contributed by atoms with Crippen molar-refractivity contribution in [3.05, 3.63) is 0 Å². The fourth-order valence-corrected chi connectivity index (χ4v) is 3.67. The maximum absolute atomic E-state index is 11.5. The van der Waals surface area contributed by atoms with Crippen LogP contribution in [0.5, 0.6) is 0 Å². The number of nitrogens with two attached hydrogens (primary N) is 1. The van der Waals surface area contributed by atoms with Gasteiger partial charge in [0, 0.05) is 51.9 Å². The summed E-state index contributed by atoms with van der Waals surface area (Å²) in [6, 6.07) is -0.150. The molecule has 1 aliphatic rings. The molecule has 1 atom stereocenters. The van der Waals surface area contributed by atoms with Crippen molar-refractivity contribution in [1.82, 2.24) is 19.6 Å². The second-order valence-electron chi connectivity index (χ2n) is 7.90. The summed E-state index contributed by atoms with van der Waals surface area (Å²) in [5.74, 6) is -2.79. The topological polar surface area (TPSA) is 151 Å². The monoisotopic (exact) mass is 431 g/mol. The highest BCUT2D eigenvalue weighted by Gasteiger charge is 2.26. The number of nitrogens with zero attached hydrogens (tertiary/aromatic N) is 4. The molecule has 0 aliphatic carbocycles. The van der Waals surface area contributed by atoms with Crippen molar-refractivity contribution in [2.45, 2.75) is 25.3 Å². The van der Waals surface area contributed by atoms with Gasteiger partial charge in [0.15, 0.2) is 0 Å². The molecule has 0 amide bonds. The average molecular weight is 432 g/mol. The van der Waals surface area contributed by atoms with Crippen molar-refractivity contribution >= 4 is 17.9 Å². The van der Waals surface area contributed by atoms with Crippen molar-refractivity contribution < 1.29 is 29.7 Å². The summed E-state index contributed by atoms with van der Waals surface area (Å²) >= 11 is 0. The van der Waals surface area contributed by atoms with E-state index in [4.69, 9.17) is 5.73 Å². The molecule has 1 fully saturated rings. The summed E-state index contributed by atoms with van der Waals surface area (Å²) in [6.07, 6.45) is 2.33. The van der Waals surface area contributed by atoms with Crippen LogP contribution in [-0.2, 0) is 14.4 Å². The lowest BCUT2D eigenvalue weighted by Crippen LogP contribution is -2.52. The van der Waals surface area contributed by atoms with Crippen LogP contribution in [-0.4, -0.2) is 138 Å². The Kier molecular flexibility index (Phi) is 12.5. The number of carboxylic acids is 3. The molecule has 5 N–H and O–H groups in total. The highest BCUT2D eigenvalue weighted by Crippen LogP contribution is 2.13. The third-order valence-corrected chi connectivity index (χ3v) is 5.33. The summed E-state index contributed by atoms with van der Waals surface area (Å²) in [5, 5.41) is 27.9. The van der Waals surface area contributed by atoms with Crippen molar-refractivity contribution in [2.24, 2.45) is 5.73 Å². The average Bonchev–Trinajstić information content (AvgIpc) is 2.64. The molecule has 0 bridgehead atoms. The van der Waals surface area contributed by atoms with Gasteiger partial charge in [0.25, 0.3) is 0 Å². The van der Waals surface area contributed by atoms with Crippen LogP contribution < -0.4 is 5.73 Å². The van der Waals surface area contributed by atoms with Gasteiger partial charge in [-0.05, 0) is 26.4 Å². The van der Waals surface area contributed by atoms with Gasteiger partial charge in [-0.3, -0.25) is 29.1 Å². The van der Waals surface area contributed by atoms with Gasteiger partial charge in [-0.25, -0.2) is 0 Å². The Morgan fingerprint density at radius 2 is 1.33 bits per heavy atom. The van der Waals surface area contributed by atoms with Crippen LogP contribution in [0, 0.1) is 0 Å². The lowest BCUT2D eigenvalue weighted by molar-refractivity contribution is -0.141. The fourth-order valence-electron chi connectivity index (χ4n) is 3.67. The summed E-state index contributed by atoms with van der Waals surface area (Å²) in [6.45, 7) is 3.81. The summed E-state index contributed by atoms with van der Waals surface area (Å²) in [4.78, 5) is 41.7. The van der Waals surface area contributed by atoms with E-state index in [1.54, 1.807) is 0 Å². The van der Waals surface area contributed by atoms with Crippen molar-refractivity contribution in [2.75, 3.05) is 79.0 Å². The molecule has 1 unspecified atom stereocenters. The van der Waals surface area contributed by atoms with E-state index in [0.29, 0.717) is 58.8 Å². The second-order valence-corrected chi connectivity index (χ2v) is 7.90. The molecule has 0 aromatic carbocycles. The van der Waals surface area contributed by atoms with Crippen molar-refractivity contribution in [3.8, 4) is 0 Å². The van der Waals surface area contributed by atoms with Gasteiger partial charge in [0.2, 0.25) is 0 Å². The van der Waals surface area contributed by atoms with Crippen molar-refractivity contribution in [3.63, 3.8) is 0 Å². The smallest absolute Gasteiger partial charge is 0.317 e. The standard InChI is InChI=1S/C19H37N5O6/c1-21-6-8-22(13-17(25)26)10-11-24(15-19(29)30)16(4-2-3-5-20)12-23(9-7-21)14-18(27)28/h16H,2-15,20H2,1H3,(H,25,26)(H,27,28)(H,29,30). The number of carbonyl (C=O) groups is 3. The van der Waals surface area contributed by atoms with E-state index < -0.39 is 17.9 Å². The molecule has 11 heteroatoms. The minimum atomic E-state index is -0.958. The molecule has 174 valence electrons. The Labute approximate surface area is 178 Å². The van der Waals surface area contributed by atoms with E-state index in [9.17, 15) is 29.7 Å². The summed E-state index contributed by atoms with van der Waals surface area (Å²) in [5.41, 5.74) is 5.61. The van der Waals surface area contributed by atoms with Crippen LogP contribution in [0.1, 0.15) is 19.3 Å². The van der Waals surface area contributed by atoms with Gasteiger partial charge >= 0.3 is 17.9 Å². The van der Waals surface area contributed by atoms with Gasteiger partial charge in [-0.2, -0.15) is 0 Å². The zero-order valence-corrected chi connectivity index (χ0v) is 17.9. The van der Waals surface area contributed by atoms with Crippen LogP contribution in [0.25, 0.3) is 0 Å². The Morgan fingerprint density at radius 1 is 0.800 bits per heavy atom. The molecule has 0 spiro atoms. The first-order chi connectivity index (χ1) is 14.2. The first kappa shape index (κ1) is 26.2. The van der Waals surface area contributed by atoms with Crippen LogP contribution in [0.3, 0.4) is 0 Å². The second kappa shape index (κ2) is 14.3. The van der Waals surface area contributed by atoms with E-state index in [-0.39, 0.29) is 25.7 Å². The lowest BCUT2D eigenvalue weighted by atomic mass is 10.1. The molecule has 30 heavy (non-hydrogen) atoms. The maximum Gasteiger partial charge on any atom is 0.317 e. The normalized spacial score (nSPS) is 21.6. The van der Waals surface area contributed by atoms with Gasteiger partial charge in [0.05, 0.1) is 19.6 Å². The van der Waals surface area contributed by atoms with E-state index in [1.165, 1.54) is 0 Å². The van der Waals surface area contributed by atoms with Crippen LogP contribution in [0.2, 0.25) is 0 Å². The molecule has 0 aromatic heterocycles. The number of aliphatic carboxylic acids is 3. The molecule has 1 rings (SSSR count). The molecular weight excluding hydrogens is 394 g/mol. The van der Waals surface area contributed by atoms with Crippen molar-refractivity contribution in [1.29, 1.82) is 0 Å². The minimum Gasteiger partial charge on any atom is -0.480 e. The van der Waals surface area contributed by atoms with E-state index in [2.05, 4.69) is 4.90 Å². The predicted octanol–water partition coefficient (Wildman–Crippen LogP) is -1.41. The van der Waals surface area contributed by atoms with Crippen LogP contribution in [0.4, 0.5) is 0 Å². The zero-order chi connectivity index (χ0) is 22.5. The number of unbranched alkanes of at least 4 members (excludes halogenated alkanes) is 1.